The van der Waals surface area contributed by atoms with Crippen molar-refractivity contribution in [1.82, 2.24) is 0 Å². The first-order valence-corrected chi connectivity index (χ1v) is 7.93. The molecular weight excluding hydrogens is 379 g/mol. The molecule has 0 radical (unpaired) electrons. The highest BCUT2D eigenvalue weighted by Gasteiger charge is 2.26. The summed E-state index contributed by atoms with van der Waals surface area (Å²) in [5, 5.41) is 0. The molecule has 0 N–H and O–H groups in total. The van der Waals surface area contributed by atoms with E-state index in [1.807, 2.05) is 24.3 Å². The molecule has 0 saturated carbocycles. The van der Waals surface area contributed by atoms with Crippen LogP contribution < -0.4 is 4.74 Å². The van der Waals surface area contributed by atoms with E-state index >= 15 is 0 Å². The topological polar surface area (TPSA) is 35.5 Å². The minimum atomic E-state index is -0.0460. The number of rotatable bonds is 5. The van der Waals surface area contributed by atoms with E-state index in [-0.39, 0.29) is 18.0 Å². The molecule has 1 atom stereocenters. The normalized spacial score (nSPS) is 22.4. The van der Waals surface area contributed by atoms with Gasteiger partial charge in [0.25, 0.3) is 0 Å². The number of methoxy groups -OCH3 is 1. The number of benzene rings is 1. The summed E-state index contributed by atoms with van der Waals surface area (Å²) in [4.78, 5) is 11.6. The molecule has 1 unspecified atom stereocenters. The number of hydrogen-bond donors (Lipinski definition) is 0. The first kappa shape index (κ1) is 16.2. The summed E-state index contributed by atoms with van der Waals surface area (Å²) in [5.74, 6) is 1.04. The van der Waals surface area contributed by atoms with Crippen molar-refractivity contribution in [3.63, 3.8) is 0 Å². The summed E-state index contributed by atoms with van der Waals surface area (Å²) >= 11 is 2.13. The van der Waals surface area contributed by atoms with E-state index in [1.54, 1.807) is 7.11 Å². The van der Waals surface area contributed by atoms with Crippen molar-refractivity contribution in [3.8, 4) is 5.75 Å². The predicted molar refractivity (Wildman–Crippen MR) is 92.4 cm³/mol. The van der Waals surface area contributed by atoms with Crippen molar-refractivity contribution >= 4 is 34.5 Å². The van der Waals surface area contributed by atoms with Gasteiger partial charge in [0.1, 0.15) is 5.75 Å². The zero-order valence-corrected chi connectivity index (χ0v) is 14.4. The van der Waals surface area contributed by atoms with E-state index < -0.39 is 0 Å². The van der Waals surface area contributed by atoms with Crippen molar-refractivity contribution in [2.45, 2.75) is 19.8 Å². The Morgan fingerprint density at radius 2 is 2.05 bits per heavy atom. The lowest BCUT2D eigenvalue weighted by molar-refractivity contribution is -0.115. The standard InChI is InChI=1S/C17H19IO3/c1-17(10-8-16(19)15(18)11-17)9-7-13-3-5-14(6-4-13)21-12-20-2/h3-7,9,11H,8,10,12H2,1-2H3/b9-7+. The highest BCUT2D eigenvalue weighted by molar-refractivity contribution is 14.1. The van der Waals surface area contributed by atoms with E-state index in [1.165, 1.54) is 0 Å². The van der Waals surface area contributed by atoms with Crippen LogP contribution in [-0.4, -0.2) is 19.7 Å². The summed E-state index contributed by atoms with van der Waals surface area (Å²) in [6.07, 6.45) is 7.81. The van der Waals surface area contributed by atoms with E-state index in [0.717, 1.165) is 21.3 Å². The minimum absolute atomic E-state index is 0.0460. The molecule has 1 aromatic carbocycles. The van der Waals surface area contributed by atoms with Gasteiger partial charge in [-0.3, -0.25) is 4.79 Å². The van der Waals surface area contributed by atoms with Gasteiger partial charge in [-0.1, -0.05) is 37.3 Å². The van der Waals surface area contributed by atoms with Crippen LogP contribution in [0.5, 0.6) is 5.75 Å². The maximum atomic E-state index is 11.6. The summed E-state index contributed by atoms with van der Waals surface area (Å²) < 4.78 is 11.1. The molecule has 0 amide bonds. The second-order valence-corrected chi connectivity index (χ2v) is 6.54. The Labute approximate surface area is 139 Å². The highest BCUT2D eigenvalue weighted by atomic mass is 127. The molecule has 2 rings (SSSR count). The molecule has 1 aliphatic rings. The Kier molecular flexibility index (Phi) is 5.58. The predicted octanol–water partition coefficient (Wildman–Crippen LogP) is 4.37. The second kappa shape index (κ2) is 7.22. The molecule has 3 nitrogen and oxygen atoms in total. The fraction of sp³-hybridized carbons (Fsp3) is 0.353. The number of carbonyl (C=O) groups excluding carboxylic acids is 1. The van der Waals surface area contributed by atoms with E-state index in [9.17, 15) is 4.79 Å². The van der Waals surface area contributed by atoms with Gasteiger partial charge in [-0.15, -0.1) is 0 Å². The number of ether oxygens (including phenoxy) is 2. The van der Waals surface area contributed by atoms with Gasteiger partial charge in [0.2, 0.25) is 0 Å². The zero-order valence-electron chi connectivity index (χ0n) is 12.3. The van der Waals surface area contributed by atoms with Gasteiger partial charge in [-0.25, -0.2) is 0 Å². The number of carbonyl (C=O) groups is 1. The smallest absolute Gasteiger partial charge is 0.188 e. The average molecular weight is 398 g/mol. The van der Waals surface area contributed by atoms with Gasteiger partial charge in [0.05, 0.1) is 3.58 Å². The molecule has 0 saturated heterocycles. The zero-order chi connectivity index (χ0) is 15.3. The molecule has 1 aromatic rings. The number of Topliss-reactive ketones (excluding diaryl/α,β-unsaturated/α-hetero) is 1. The van der Waals surface area contributed by atoms with Crippen LogP contribution in [-0.2, 0) is 9.53 Å². The van der Waals surface area contributed by atoms with Crippen molar-refractivity contribution in [2.24, 2.45) is 5.41 Å². The molecule has 112 valence electrons. The Hall–Kier alpha value is -1.14. The molecule has 4 heteroatoms. The van der Waals surface area contributed by atoms with Gasteiger partial charge < -0.3 is 9.47 Å². The minimum Gasteiger partial charge on any atom is -0.468 e. The van der Waals surface area contributed by atoms with Crippen LogP contribution in [0, 0.1) is 5.41 Å². The van der Waals surface area contributed by atoms with Crippen LogP contribution in [0.1, 0.15) is 25.3 Å². The summed E-state index contributed by atoms with van der Waals surface area (Å²) in [6, 6.07) is 7.86. The van der Waals surface area contributed by atoms with Gasteiger partial charge in [-0.2, -0.15) is 0 Å². The Morgan fingerprint density at radius 3 is 2.67 bits per heavy atom. The number of hydrogen-bond acceptors (Lipinski definition) is 3. The summed E-state index contributed by atoms with van der Waals surface area (Å²) in [7, 11) is 1.60. The molecule has 0 spiro atoms. The molecule has 0 fully saturated rings. The largest absolute Gasteiger partial charge is 0.468 e. The second-order valence-electron chi connectivity index (χ2n) is 5.37. The molecule has 0 aromatic heterocycles. The van der Waals surface area contributed by atoms with Crippen LogP contribution in [0.3, 0.4) is 0 Å². The average Bonchev–Trinajstić information content (AvgIpc) is 2.48. The molecule has 21 heavy (non-hydrogen) atoms. The highest BCUT2D eigenvalue weighted by Crippen LogP contribution is 2.36. The Morgan fingerprint density at radius 1 is 1.33 bits per heavy atom. The molecule has 0 aliphatic heterocycles. The summed E-state index contributed by atoms with van der Waals surface area (Å²) in [6.45, 7) is 2.41. The van der Waals surface area contributed by atoms with Gasteiger partial charge in [0, 0.05) is 18.9 Å². The SMILES string of the molecule is COCOc1ccc(/C=C/C2(C)C=C(I)C(=O)CC2)cc1. The van der Waals surface area contributed by atoms with Crippen LogP contribution in [0.15, 0.2) is 40.0 Å². The third-order valence-corrected chi connectivity index (χ3v) is 4.41. The molecule has 1 aliphatic carbocycles. The Bertz CT molecular complexity index is 560. The van der Waals surface area contributed by atoms with Gasteiger partial charge >= 0.3 is 0 Å². The Balaban J connectivity index is 2.05. The number of ketones is 1. The molecular formula is C17H19IO3. The third kappa shape index (κ3) is 4.68. The fourth-order valence-corrected chi connectivity index (χ4v) is 3.15. The van der Waals surface area contributed by atoms with E-state index in [4.69, 9.17) is 9.47 Å². The third-order valence-electron chi connectivity index (χ3n) is 3.49. The van der Waals surface area contributed by atoms with Crippen molar-refractivity contribution in [3.05, 3.63) is 45.6 Å². The quantitative estimate of drug-likeness (QED) is 0.546. The summed E-state index contributed by atoms with van der Waals surface area (Å²) in [5.41, 5.74) is 1.07. The lowest BCUT2D eigenvalue weighted by Crippen LogP contribution is -2.18. The van der Waals surface area contributed by atoms with Crippen LogP contribution in [0.2, 0.25) is 0 Å². The van der Waals surface area contributed by atoms with Crippen LogP contribution in [0.25, 0.3) is 6.08 Å². The lowest BCUT2D eigenvalue weighted by atomic mass is 9.80. The fourth-order valence-electron chi connectivity index (χ4n) is 2.16. The lowest BCUT2D eigenvalue weighted by Gasteiger charge is -2.26. The van der Waals surface area contributed by atoms with Crippen LogP contribution >= 0.6 is 22.6 Å². The van der Waals surface area contributed by atoms with Crippen molar-refractivity contribution in [2.75, 3.05) is 13.9 Å². The van der Waals surface area contributed by atoms with Gasteiger partial charge in [0.15, 0.2) is 12.6 Å². The monoisotopic (exact) mass is 398 g/mol. The molecule has 0 bridgehead atoms. The van der Waals surface area contributed by atoms with Crippen molar-refractivity contribution in [1.29, 1.82) is 0 Å². The molecule has 0 heterocycles. The number of allylic oxidation sites excluding steroid dienone is 3. The van der Waals surface area contributed by atoms with Crippen LogP contribution in [0.4, 0.5) is 0 Å². The van der Waals surface area contributed by atoms with Gasteiger partial charge in [-0.05, 0) is 46.7 Å². The maximum absolute atomic E-state index is 11.6. The van der Waals surface area contributed by atoms with Crippen molar-refractivity contribution < 1.29 is 14.3 Å². The number of halogens is 1. The van der Waals surface area contributed by atoms with E-state index in [0.29, 0.717) is 6.42 Å². The van der Waals surface area contributed by atoms with E-state index in [2.05, 4.69) is 47.7 Å². The first-order chi connectivity index (χ1) is 10.0. The first-order valence-electron chi connectivity index (χ1n) is 6.85. The maximum Gasteiger partial charge on any atom is 0.188 e.